The molecule has 1 amide bonds. The first kappa shape index (κ1) is 14.6. The number of likely N-dealkylation sites (tertiary alicyclic amines) is 1. The molecule has 0 radical (unpaired) electrons. The second kappa shape index (κ2) is 5.68. The van der Waals surface area contributed by atoms with Crippen LogP contribution in [0.2, 0.25) is 0 Å². The van der Waals surface area contributed by atoms with Gasteiger partial charge in [0.25, 0.3) is 5.91 Å². The Kier molecular flexibility index (Phi) is 4.15. The standard InChI is InChI=1S/C17H22N2O/c1-13-14(7-5-10-18)6-4-8-15(13)16(20)19-11-9-17(2,3)12-19/h4,6,8H,9-12,18H2,1-3H3. The fraction of sp³-hybridized carbons (Fsp3) is 0.471. The summed E-state index contributed by atoms with van der Waals surface area (Å²) in [5, 5.41) is 0. The van der Waals surface area contributed by atoms with E-state index in [4.69, 9.17) is 5.73 Å². The van der Waals surface area contributed by atoms with E-state index in [9.17, 15) is 4.79 Å². The highest BCUT2D eigenvalue weighted by atomic mass is 16.2. The van der Waals surface area contributed by atoms with Crippen molar-refractivity contribution in [1.29, 1.82) is 0 Å². The number of rotatable bonds is 1. The van der Waals surface area contributed by atoms with Crippen LogP contribution in [0.25, 0.3) is 0 Å². The van der Waals surface area contributed by atoms with Crippen molar-refractivity contribution >= 4 is 5.91 Å². The number of carbonyl (C=O) groups is 1. The van der Waals surface area contributed by atoms with Gasteiger partial charge in [-0.15, -0.1) is 0 Å². The maximum Gasteiger partial charge on any atom is 0.254 e. The molecule has 1 heterocycles. The quantitative estimate of drug-likeness (QED) is 0.795. The molecule has 3 heteroatoms. The molecular formula is C17H22N2O. The van der Waals surface area contributed by atoms with Crippen LogP contribution in [0.15, 0.2) is 18.2 Å². The van der Waals surface area contributed by atoms with Crippen molar-refractivity contribution in [2.75, 3.05) is 19.6 Å². The second-order valence-electron chi connectivity index (χ2n) is 6.12. The molecule has 3 nitrogen and oxygen atoms in total. The van der Waals surface area contributed by atoms with Crippen LogP contribution in [-0.4, -0.2) is 30.4 Å². The molecule has 1 fully saturated rings. The van der Waals surface area contributed by atoms with Gasteiger partial charge < -0.3 is 10.6 Å². The highest BCUT2D eigenvalue weighted by Gasteiger charge is 2.32. The number of hydrogen-bond donors (Lipinski definition) is 1. The van der Waals surface area contributed by atoms with Crippen molar-refractivity contribution < 1.29 is 4.79 Å². The van der Waals surface area contributed by atoms with Gasteiger partial charge in [-0.3, -0.25) is 4.79 Å². The van der Waals surface area contributed by atoms with Gasteiger partial charge in [-0.1, -0.05) is 31.8 Å². The van der Waals surface area contributed by atoms with Crippen molar-refractivity contribution in [1.82, 2.24) is 4.90 Å². The molecule has 0 bridgehead atoms. The molecule has 0 spiro atoms. The van der Waals surface area contributed by atoms with Crippen LogP contribution < -0.4 is 5.73 Å². The van der Waals surface area contributed by atoms with Crippen LogP contribution in [0.4, 0.5) is 0 Å². The Morgan fingerprint density at radius 1 is 1.45 bits per heavy atom. The monoisotopic (exact) mass is 270 g/mol. The molecule has 2 rings (SSSR count). The van der Waals surface area contributed by atoms with Crippen LogP contribution in [0.5, 0.6) is 0 Å². The zero-order valence-electron chi connectivity index (χ0n) is 12.5. The lowest BCUT2D eigenvalue weighted by Gasteiger charge is -2.21. The summed E-state index contributed by atoms with van der Waals surface area (Å²) in [6.07, 6.45) is 1.06. The van der Waals surface area contributed by atoms with E-state index in [1.54, 1.807) is 0 Å². The Labute approximate surface area is 121 Å². The lowest BCUT2D eigenvalue weighted by Crippen LogP contribution is -2.30. The summed E-state index contributed by atoms with van der Waals surface area (Å²) >= 11 is 0. The van der Waals surface area contributed by atoms with Gasteiger partial charge in [0.05, 0.1) is 6.54 Å². The molecule has 0 aromatic heterocycles. The van der Waals surface area contributed by atoms with Crippen molar-refractivity contribution in [3.63, 3.8) is 0 Å². The fourth-order valence-electron chi connectivity index (χ4n) is 2.61. The summed E-state index contributed by atoms with van der Waals surface area (Å²) in [5.74, 6) is 5.99. The van der Waals surface area contributed by atoms with E-state index < -0.39 is 0 Å². The van der Waals surface area contributed by atoms with Crippen LogP contribution in [0.1, 0.15) is 41.8 Å². The molecule has 0 atom stereocenters. The van der Waals surface area contributed by atoms with Crippen molar-refractivity contribution in [2.45, 2.75) is 27.2 Å². The van der Waals surface area contributed by atoms with Crippen LogP contribution in [0.3, 0.4) is 0 Å². The molecule has 0 saturated carbocycles. The van der Waals surface area contributed by atoms with Crippen molar-refractivity contribution in [3.8, 4) is 11.8 Å². The summed E-state index contributed by atoms with van der Waals surface area (Å²) in [5.41, 5.74) is 8.22. The van der Waals surface area contributed by atoms with Crippen LogP contribution in [0, 0.1) is 24.2 Å². The minimum atomic E-state index is 0.115. The molecule has 0 unspecified atom stereocenters. The van der Waals surface area contributed by atoms with Crippen LogP contribution in [-0.2, 0) is 0 Å². The molecule has 1 aromatic rings. The third-order valence-electron chi connectivity index (χ3n) is 3.85. The smallest absolute Gasteiger partial charge is 0.254 e. The zero-order valence-corrected chi connectivity index (χ0v) is 12.5. The largest absolute Gasteiger partial charge is 0.338 e. The molecule has 1 aliphatic heterocycles. The average molecular weight is 270 g/mol. The second-order valence-corrected chi connectivity index (χ2v) is 6.12. The maximum absolute atomic E-state index is 12.6. The maximum atomic E-state index is 12.6. The number of amides is 1. The minimum Gasteiger partial charge on any atom is -0.338 e. The van der Waals surface area contributed by atoms with E-state index in [0.717, 1.165) is 36.2 Å². The summed E-state index contributed by atoms with van der Waals surface area (Å²) in [6.45, 7) is 8.35. The van der Waals surface area contributed by atoms with Crippen molar-refractivity contribution in [3.05, 3.63) is 34.9 Å². The topological polar surface area (TPSA) is 46.3 Å². The molecule has 20 heavy (non-hydrogen) atoms. The number of hydrogen-bond acceptors (Lipinski definition) is 2. The highest BCUT2D eigenvalue weighted by molar-refractivity contribution is 5.96. The highest BCUT2D eigenvalue weighted by Crippen LogP contribution is 2.30. The SMILES string of the molecule is Cc1c(C#CCN)cccc1C(=O)N1CCC(C)(C)C1. The number of carbonyl (C=O) groups excluding carboxylic acids is 1. The van der Waals surface area contributed by atoms with Crippen molar-refractivity contribution in [2.24, 2.45) is 11.1 Å². The van der Waals surface area contributed by atoms with E-state index in [1.165, 1.54) is 0 Å². The Balaban J connectivity index is 2.27. The Bertz CT molecular complexity index is 578. The Morgan fingerprint density at radius 3 is 2.80 bits per heavy atom. The predicted molar refractivity (Wildman–Crippen MR) is 81.4 cm³/mol. The van der Waals surface area contributed by atoms with E-state index >= 15 is 0 Å². The van der Waals surface area contributed by atoms with Gasteiger partial charge in [0.15, 0.2) is 0 Å². The third-order valence-corrected chi connectivity index (χ3v) is 3.85. The lowest BCUT2D eigenvalue weighted by atomic mass is 9.93. The lowest BCUT2D eigenvalue weighted by molar-refractivity contribution is 0.0777. The average Bonchev–Trinajstić information content (AvgIpc) is 2.77. The third kappa shape index (κ3) is 3.02. The van der Waals surface area contributed by atoms with Gasteiger partial charge in [0, 0.05) is 24.2 Å². The van der Waals surface area contributed by atoms with E-state index in [0.29, 0.717) is 6.54 Å². The van der Waals surface area contributed by atoms with E-state index in [1.807, 2.05) is 30.0 Å². The van der Waals surface area contributed by atoms with Gasteiger partial charge >= 0.3 is 0 Å². The molecule has 1 saturated heterocycles. The first-order valence-electron chi connectivity index (χ1n) is 7.02. The molecular weight excluding hydrogens is 248 g/mol. The number of nitrogens with two attached hydrogens (primary N) is 1. The first-order chi connectivity index (χ1) is 9.44. The van der Waals surface area contributed by atoms with Gasteiger partial charge in [-0.05, 0) is 36.5 Å². The summed E-state index contributed by atoms with van der Waals surface area (Å²) in [7, 11) is 0. The zero-order chi connectivity index (χ0) is 14.8. The predicted octanol–water partition coefficient (Wildman–Crippen LogP) is 2.18. The molecule has 1 aromatic carbocycles. The Hall–Kier alpha value is -1.79. The number of benzene rings is 1. The molecule has 0 aliphatic carbocycles. The first-order valence-corrected chi connectivity index (χ1v) is 7.02. The van der Waals surface area contributed by atoms with Gasteiger partial charge in [-0.2, -0.15) is 0 Å². The van der Waals surface area contributed by atoms with E-state index in [2.05, 4.69) is 25.7 Å². The van der Waals surface area contributed by atoms with Gasteiger partial charge in [-0.25, -0.2) is 0 Å². The minimum absolute atomic E-state index is 0.115. The molecule has 1 aliphatic rings. The molecule has 2 N–H and O–H groups in total. The summed E-state index contributed by atoms with van der Waals surface area (Å²) in [4.78, 5) is 14.6. The summed E-state index contributed by atoms with van der Waals surface area (Å²) in [6, 6.07) is 5.71. The summed E-state index contributed by atoms with van der Waals surface area (Å²) < 4.78 is 0. The fourth-order valence-corrected chi connectivity index (χ4v) is 2.61. The van der Waals surface area contributed by atoms with Crippen LogP contribution >= 0.6 is 0 Å². The van der Waals surface area contributed by atoms with Gasteiger partial charge in [0.2, 0.25) is 0 Å². The Morgan fingerprint density at radius 2 is 2.20 bits per heavy atom. The normalized spacial score (nSPS) is 16.7. The van der Waals surface area contributed by atoms with E-state index in [-0.39, 0.29) is 11.3 Å². The number of nitrogens with zero attached hydrogens (tertiary/aromatic N) is 1. The molecule has 106 valence electrons. The van der Waals surface area contributed by atoms with Gasteiger partial charge in [0.1, 0.15) is 0 Å².